The predicted octanol–water partition coefficient (Wildman–Crippen LogP) is 2.63. The molecule has 5 nitrogen and oxygen atoms in total. The van der Waals surface area contributed by atoms with Gasteiger partial charge in [0.25, 0.3) is 0 Å². The Bertz CT molecular complexity index is 517. The molecule has 0 amide bonds. The number of esters is 1. The highest BCUT2D eigenvalue weighted by atomic mass is 35.5. The summed E-state index contributed by atoms with van der Waals surface area (Å²) in [5.74, 6) is 0.0769. The van der Waals surface area contributed by atoms with Crippen molar-refractivity contribution in [2.45, 2.75) is 38.7 Å². The van der Waals surface area contributed by atoms with Crippen LogP contribution in [-0.4, -0.2) is 21.3 Å². The number of halogens is 1. The summed E-state index contributed by atoms with van der Waals surface area (Å²) in [6.07, 6.45) is 4.21. The first kappa shape index (κ1) is 13.9. The number of rotatable bonds is 3. The molecule has 0 N–H and O–H groups in total. The fourth-order valence-corrected chi connectivity index (χ4v) is 3.81. The monoisotopic (exact) mass is 314 g/mol. The van der Waals surface area contributed by atoms with Crippen molar-refractivity contribution in [2.75, 3.05) is 0 Å². The molecule has 1 aromatic rings. The summed E-state index contributed by atoms with van der Waals surface area (Å²) in [4.78, 5) is 24.1. The fourth-order valence-electron chi connectivity index (χ4n) is 3.21. The number of carbonyl (C=O) groups is 2. The maximum atomic E-state index is 12.1. The van der Waals surface area contributed by atoms with E-state index in [1.165, 1.54) is 0 Å². The number of fused-ring (bicyclic) bond motifs is 2. The van der Waals surface area contributed by atoms with Crippen LogP contribution in [0.1, 0.15) is 37.8 Å². The Hall–Kier alpha value is -1.01. The molecular formula is C13H15ClN2O3S. The third-order valence-corrected chi connectivity index (χ3v) is 5.23. The Morgan fingerprint density at radius 1 is 1.35 bits per heavy atom. The average molecular weight is 315 g/mol. The maximum Gasteiger partial charge on any atom is 0.309 e. The molecule has 3 rings (SSSR count). The molecular weight excluding hydrogens is 300 g/mol. The maximum absolute atomic E-state index is 12.1. The van der Waals surface area contributed by atoms with Crippen LogP contribution in [0.15, 0.2) is 0 Å². The lowest BCUT2D eigenvalue weighted by Gasteiger charge is -2.36. The van der Waals surface area contributed by atoms with E-state index in [1.54, 1.807) is 0 Å². The van der Waals surface area contributed by atoms with Crippen LogP contribution in [0, 0.1) is 17.8 Å². The van der Waals surface area contributed by atoms with Crippen molar-refractivity contribution in [1.29, 1.82) is 0 Å². The molecule has 108 valence electrons. The largest absolute Gasteiger partial charge is 0.459 e. The molecule has 1 heterocycles. The van der Waals surface area contributed by atoms with Crippen LogP contribution in [0.25, 0.3) is 0 Å². The Balaban J connectivity index is 1.58. The topological polar surface area (TPSA) is 69.2 Å². The summed E-state index contributed by atoms with van der Waals surface area (Å²) in [5, 5.41) is 3.81. The van der Waals surface area contributed by atoms with Gasteiger partial charge in [-0.15, -0.1) is 5.10 Å². The van der Waals surface area contributed by atoms with Crippen molar-refractivity contribution >= 4 is 34.9 Å². The molecule has 0 aliphatic heterocycles. The van der Waals surface area contributed by atoms with Crippen LogP contribution in [-0.2, 0) is 20.9 Å². The summed E-state index contributed by atoms with van der Waals surface area (Å²) in [6, 6.07) is 0. The summed E-state index contributed by atoms with van der Waals surface area (Å²) in [6.45, 7) is 0.0634. The van der Waals surface area contributed by atoms with E-state index >= 15 is 0 Å². The van der Waals surface area contributed by atoms with Gasteiger partial charge in [0.2, 0.25) is 0 Å². The second-order valence-corrected chi connectivity index (χ2v) is 6.85. The number of nitrogens with zero attached hydrogens (tertiary/aromatic N) is 2. The van der Waals surface area contributed by atoms with Crippen molar-refractivity contribution in [3.63, 3.8) is 0 Å². The van der Waals surface area contributed by atoms with Crippen molar-refractivity contribution in [3.8, 4) is 0 Å². The van der Waals surface area contributed by atoms with Crippen LogP contribution < -0.4 is 0 Å². The Morgan fingerprint density at radius 2 is 2.05 bits per heavy atom. The molecule has 1 aromatic heterocycles. The number of carbonyl (C=O) groups excluding carboxylic acids is 2. The summed E-state index contributed by atoms with van der Waals surface area (Å²) < 4.78 is 9.42. The first-order valence-electron chi connectivity index (χ1n) is 6.82. The lowest BCUT2D eigenvalue weighted by atomic mass is 9.67. The fraction of sp³-hybridized carbons (Fsp3) is 0.692. The standard InChI is InChI=1S/C13H15ClN2O3S/c14-12-10(15-16-20-12)6-19-13(18)9-4-7-2-1-3-8(5-9)11(7)17/h7-9H,1-6H2/t7-,8+,9?. The first-order valence-corrected chi connectivity index (χ1v) is 7.97. The first-order chi connectivity index (χ1) is 9.65. The molecule has 2 saturated carbocycles. The number of ketones is 1. The molecule has 2 aliphatic carbocycles. The minimum absolute atomic E-state index is 0.0598. The normalized spacial score (nSPS) is 29.2. The molecule has 2 fully saturated rings. The summed E-state index contributed by atoms with van der Waals surface area (Å²) >= 11 is 6.94. The molecule has 0 aromatic carbocycles. The second-order valence-electron chi connectivity index (χ2n) is 5.50. The van der Waals surface area contributed by atoms with Crippen molar-refractivity contribution in [1.82, 2.24) is 9.59 Å². The Labute approximate surface area is 125 Å². The minimum Gasteiger partial charge on any atom is -0.459 e. The zero-order valence-electron chi connectivity index (χ0n) is 10.9. The molecule has 20 heavy (non-hydrogen) atoms. The molecule has 3 atom stereocenters. The van der Waals surface area contributed by atoms with Gasteiger partial charge >= 0.3 is 5.97 Å². The van der Waals surface area contributed by atoms with Crippen LogP contribution in [0.2, 0.25) is 4.34 Å². The van der Waals surface area contributed by atoms with E-state index in [1.807, 2.05) is 0 Å². The average Bonchev–Trinajstić information content (AvgIpc) is 2.81. The van der Waals surface area contributed by atoms with E-state index in [-0.39, 0.29) is 30.3 Å². The molecule has 0 saturated heterocycles. The van der Waals surface area contributed by atoms with Crippen LogP contribution >= 0.6 is 23.1 Å². The van der Waals surface area contributed by atoms with Crippen LogP contribution in [0.3, 0.4) is 0 Å². The number of aromatic nitrogens is 2. The third-order valence-electron chi connectivity index (χ3n) is 4.24. The number of hydrogen-bond acceptors (Lipinski definition) is 6. The summed E-state index contributed by atoms with van der Waals surface area (Å²) in [7, 11) is 0. The van der Waals surface area contributed by atoms with E-state index < -0.39 is 0 Å². The third kappa shape index (κ3) is 2.72. The van der Waals surface area contributed by atoms with Gasteiger partial charge in [-0.25, -0.2) is 0 Å². The second kappa shape index (κ2) is 5.77. The van der Waals surface area contributed by atoms with Gasteiger partial charge in [-0.05, 0) is 25.7 Å². The lowest BCUT2D eigenvalue weighted by Crippen LogP contribution is -2.39. The minimum atomic E-state index is -0.238. The van der Waals surface area contributed by atoms with Crippen molar-refractivity contribution in [3.05, 3.63) is 10.0 Å². The van der Waals surface area contributed by atoms with Crippen molar-refractivity contribution < 1.29 is 14.3 Å². The SMILES string of the molecule is O=C(OCc1nnsc1Cl)C1C[C@H]2CCC[C@@H](C1)C2=O. The molecule has 0 radical (unpaired) electrons. The number of Topliss-reactive ketones (excluding diaryl/α,β-unsaturated/α-hetero) is 1. The van der Waals surface area contributed by atoms with E-state index in [0.717, 1.165) is 30.8 Å². The smallest absolute Gasteiger partial charge is 0.309 e. The number of hydrogen-bond donors (Lipinski definition) is 0. The van der Waals surface area contributed by atoms with Gasteiger partial charge < -0.3 is 4.74 Å². The molecule has 2 bridgehead atoms. The van der Waals surface area contributed by atoms with Gasteiger partial charge in [0.1, 0.15) is 22.4 Å². The molecule has 1 unspecified atom stereocenters. The zero-order chi connectivity index (χ0) is 14.1. The van der Waals surface area contributed by atoms with Gasteiger partial charge in [0.15, 0.2) is 0 Å². The Morgan fingerprint density at radius 3 is 2.65 bits per heavy atom. The van der Waals surface area contributed by atoms with Crippen LogP contribution in [0.5, 0.6) is 0 Å². The van der Waals surface area contributed by atoms with E-state index in [4.69, 9.17) is 16.3 Å². The lowest BCUT2D eigenvalue weighted by molar-refractivity contribution is -0.154. The van der Waals surface area contributed by atoms with Gasteiger partial charge in [-0.3, -0.25) is 9.59 Å². The molecule has 2 aliphatic rings. The van der Waals surface area contributed by atoms with E-state index in [2.05, 4.69) is 9.59 Å². The molecule has 0 spiro atoms. The quantitative estimate of drug-likeness (QED) is 0.802. The summed E-state index contributed by atoms with van der Waals surface area (Å²) in [5.41, 5.74) is 0.497. The van der Waals surface area contributed by atoms with Gasteiger partial charge in [0.05, 0.1) is 5.92 Å². The van der Waals surface area contributed by atoms with Crippen LogP contribution in [0.4, 0.5) is 0 Å². The van der Waals surface area contributed by atoms with Gasteiger partial charge in [0, 0.05) is 23.4 Å². The zero-order valence-corrected chi connectivity index (χ0v) is 12.5. The molecule has 7 heteroatoms. The van der Waals surface area contributed by atoms with E-state index in [0.29, 0.717) is 28.7 Å². The highest BCUT2D eigenvalue weighted by Gasteiger charge is 2.41. The van der Waals surface area contributed by atoms with Crippen molar-refractivity contribution in [2.24, 2.45) is 17.8 Å². The van der Waals surface area contributed by atoms with Gasteiger partial charge in [-0.1, -0.05) is 22.5 Å². The van der Waals surface area contributed by atoms with E-state index in [9.17, 15) is 9.59 Å². The highest BCUT2D eigenvalue weighted by Crippen LogP contribution is 2.40. The number of ether oxygens (including phenoxy) is 1. The predicted molar refractivity (Wildman–Crippen MR) is 73.3 cm³/mol. The Kier molecular flexibility index (Phi) is 4.03. The van der Waals surface area contributed by atoms with Gasteiger partial charge in [-0.2, -0.15) is 0 Å². The highest BCUT2D eigenvalue weighted by molar-refractivity contribution is 7.10.